The summed E-state index contributed by atoms with van der Waals surface area (Å²) in [5.41, 5.74) is 5.57. The molecule has 0 radical (unpaired) electrons. The van der Waals surface area contributed by atoms with Gasteiger partial charge in [0.2, 0.25) is 11.8 Å². The van der Waals surface area contributed by atoms with Gasteiger partial charge in [-0.05, 0) is 12.8 Å². The van der Waals surface area contributed by atoms with Crippen LogP contribution < -0.4 is 16.4 Å². The lowest BCUT2D eigenvalue weighted by molar-refractivity contribution is -0.118. The van der Waals surface area contributed by atoms with E-state index in [0.717, 1.165) is 19.1 Å². The number of primary amides is 1. The van der Waals surface area contributed by atoms with Crippen molar-refractivity contribution in [2.75, 3.05) is 10.6 Å². The smallest absolute Gasteiger partial charge is 0.302 e. The van der Waals surface area contributed by atoms with E-state index in [4.69, 9.17) is 10.2 Å². The van der Waals surface area contributed by atoms with Gasteiger partial charge in [-0.3, -0.25) is 25.0 Å². The molecule has 23 heavy (non-hydrogen) atoms. The molecule has 1 aliphatic carbocycles. The van der Waals surface area contributed by atoms with E-state index in [1.165, 1.54) is 11.3 Å². The molecule has 2 aromatic rings. The number of hydrogen-bond donors (Lipinski definition) is 3. The van der Waals surface area contributed by atoms with Crippen molar-refractivity contribution in [3.05, 3.63) is 23.0 Å². The van der Waals surface area contributed by atoms with Crippen molar-refractivity contribution in [2.45, 2.75) is 19.3 Å². The first-order chi connectivity index (χ1) is 11.0. The number of thiazole rings is 1. The molecule has 1 aliphatic rings. The number of carbonyl (C=O) groups excluding carboxylic acids is 3. The lowest BCUT2D eigenvalue weighted by atomic mass is 10.3. The van der Waals surface area contributed by atoms with Gasteiger partial charge in [-0.2, -0.15) is 4.98 Å². The van der Waals surface area contributed by atoms with Gasteiger partial charge in [0.25, 0.3) is 5.91 Å². The molecule has 0 bridgehead atoms. The minimum absolute atomic E-state index is 0.00762. The Bertz CT molecular complexity index is 764. The molecule has 3 amide bonds. The molecule has 0 saturated heterocycles. The monoisotopic (exact) mass is 335 g/mol. The van der Waals surface area contributed by atoms with Crippen LogP contribution >= 0.6 is 11.3 Å². The molecule has 1 fully saturated rings. The standard InChI is InChI=1S/C13H13N5O4S/c14-9(19)3-7-5-23-13(15-7)18-11(21)8-4-22-12(16-8)17-10(20)6-1-2-6/h4-6H,1-3H2,(H2,14,19)(H,15,18,21)(H,16,17,20). The van der Waals surface area contributed by atoms with Crippen LogP contribution in [0.4, 0.5) is 11.1 Å². The number of nitrogens with one attached hydrogen (secondary N) is 2. The van der Waals surface area contributed by atoms with Gasteiger partial charge in [0, 0.05) is 11.3 Å². The van der Waals surface area contributed by atoms with E-state index in [-0.39, 0.29) is 30.0 Å². The largest absolute Gasteiger partial charge is 0.431 e. The molecule has 0 aromatic carbocycles. The predicted octanol–water partition coefficient (Wildman–Crippen LogP) is 0.760. The van der Waals surface area contributed by atoms with E-state index in [9.17, 15) is 14.4 Å². The molecule has 0 aliphatic heterocycles. The maximum Gasteiger partial charge on any atom is 0.302 e. The molecule has 9 nitrogen and oxygen atoms in total. The molecular formula is C13H13N5O4S. The third-order valence-electron chi connectivity index (χ3n) is 3.04. The number of rotatable bonds is 6. The Morgan fingerprint density at radius 2 is 2.09 bits per heavy atom. The Morgan fingerprint density at radius 1 is 1.30 bits per heavy atom. The number of hydrogen-bond acceptors (Lipinski definition) is 7. The van der Waals surface area contributed by atoms with Crippen LogP contribution in [0.15, 0.2) is 16.1 Å². The summed E-state index contributed by atoms with van der Waals surface area (Å²) in [4.78, 5) is 42.4. The van der Waals surface area contributed by atoms with Crippen molar-refractivity contribution in [3.8, 4) is 0 Å². The highest BCUT2D eigenvalue weighted by atomic mass is 32.1. The van der Waals surface area contributed by atoms with Crippen LogP contribution in [0.2, 0.25) is 0 Å². The molecule has 2 heterocycles. The fourth-order valence-electron chi connectivity index (χ4n) is 1.77. The highest BCUT2D eigenvalue weighted by Gasteiger charge is 2.30. The predicted molar refractivity (Wildman–Crippen MR) is 80.8 cm³/mol. The van der Waals surface area contributed by atoms with Crippen LogP contribution in [-0.4, -0.2) is 27.7 Å². The molecule has 0 atom stereocenters. The fourth-order valence-corrected chi connectivity index (χ4v) is 2.48. The second-order valence-corrected chi connectivity index (χ2v) is 5.90. The molecule has 10 heteroatoms. The van der Waals surface area contributed by atoms with Crippen LogP contribution in [0.3, 0.4) is 0 Å². The third-order valence-corrected chi connectivity index (χ3v) is 3.85. The minimum Gasteiger partial charge on any atom is -0.431 e. The Balaban J connectivity index is 1.59. The molecule has 0 spiro atoms. The summed E-state index contributed by atoms with van der Waals surface area (Å²) in [5.74, 6) is -1.17. The van der Waals surface area contributed by atoms with E-state index in [2.05, 4.69) is 20.6 Å². The zero-order valence-corrected chi connectivity index (χ0v) is 12.7. The molecular weight excluding hydrogens is 322 g/mol. The van der Waals surface area contributed by atoms with Crippen LogP contribution in [0, 0.1) is 5.92 Å². The van der Waals surface area contributed by atoms with Crippen molar-refractivity contribution in [2.24, 2.45) is 11.7 Å². The second-order valence-electron chi connectivity index (χ2n) is 5.04. The molecule has 1 saturated carbocycles. The van der Waals surface area contributed by atoms with Crippen molar-refractivity contribution in [3.63, 3.8) is 0 Å². The first-order valence-electron chi connectivity index (χ1n) is 6.81. The van der Waals surface area contributed by atoms with Crippen LogP contribution in [0.5, 0.6) is 0 Å². The average molecular weight is 335 g/mol. The summed E-state index contributed by atoms with van der Waals surface area (Å²) in [5, 5.41) is 6.99. The first kappa shape index (κ1) is 15.2. The maximum atomic E-state index is 12.0. The molecule has 120 valence electrons. The Kier molecular flexibility index (Phi) is 4.06. The third kappa shape index (κ3) is 3.92. The molecule has 0 unspecified atom stereocenters. The van der Waals surface area contributed by atoms with Crippen LogP contribution in [0.1, 0.15) is 29.0 Å². The van der Waals surface area contributed by atoms with Crippen LogP contribution in [0.25, 0.3) is 0 Å². The van der Waals surface area contributed by atoms with Crippen LogP contribution in [-0.2, 0) is 16.0 Å². The van der Waals surface area contributed by atoms with Gasteiger partial charge < -0.3 is 10.2 Å². The van der Waals surface area contributed by atoms with Gasteiger partial charge in [0.05, 0.1) is 12.1 Å². The SMILES string of the molecule is NC(=O)Cc1csc(NC(=O)c2coc(NC(=O)C3CC3)n2)n1. The van der Waals surface area contributed by atoms with E-state index in [0.29, 0.717) is 10.8 Å². The Hall–Kier alpha value is -2.75. The van der Waals surface area contributed by atoms with Crippen molar-refractivity contribution >= 4 is 40.2 Å². The van der Waals surface area contributed by atoms with Gasteiger partial charge in [-0.25, -0.2) is 4.98 Å². The quantitative estimate of drug-likeness (QED) is 0.712. The number of carbonyl (C=O) groups is 3. The number of nitrogens with zero attached hydrogens (tertiary/aromatic N) is 2. The summed E-state index contributed by atoms with van der Waals surface area (Å²) in [6.07, 6.45) is 2.87. The summed E-state index contributed by atoms with van der Waals surface area (Å²) < 4.78 is 5.05. The lowest BCUT2D eigenvalue weighted by Crippen LogP contribution is -2.15. The Labute approximate surface area is 134 Å². The highest BCUT2D eigenvalue weighted by molar-refractivity contribution is 7.14. The van der Waals surface area contributed by atoms with Crippen molar-refractivity contribution in [1.82, 2.24) is 9.97 Å². The van der Waals surface area contributed by atoms with E-state index >= 15 is 0 Å². The highest BCUT2D eigenvalue weighted by Crippen LogP contribution is 2.30. The lowest BCUT2D eigenvalue weighted by Gasteiger charge is -1.97. The number of oxazole rings is 1. The molecule has 4 N–H and O–H groups in total. The van der Waals surface area contributed by atoms with E-state index < -0.39 is 11.8 Å². The van der Waals surface area contributed by atoms with Crippen molar-refractivity contribution < 1.29 is 18.8 Å². The maximum absolute atomic E-state index is 12.0. The van der Waals surface area contributed by atoms with Crippen molar-refractivity contribution in [1.29, 1.82) is 0 Å². The second kappa shape index (κ2) is 6.16. The summed E-state index contributed by atoms with van der Waals surface area (Å²) in [7, 11) is 0. The number of aromatic nitrogens is 2. The zero-order chi connectivity index (χ0) is 16.4. The number of anilines is 2. The van der Waals surface area contributed by atoms with Gasteiger partial charge in [-0.1, -0.05) is 0 Å². The zero-order valence-electron chi connectivity index (χ0n) is 11.9. The summed E-state index contributed by atoms with van der Waals surface area (Å²) in [6, 6.07) is -0.0133. The van der Waals surface area contributed by atoms with Gasteiger partial charge in [-0.15, -0.1) is 11.3 Å². The van der Waals surface area contributed by atoms with Gasteiger partial charge in [0.15, 0.2) is 10.8 Å². The van der Waals surface area contributed by atoms with E-state index in [1.807, 2.05) is 0 Å². The average Bonchev–Trinajstić information content (AvgIpc) is 3.10. The topological polar surface area (TPSA) is 140 Å². The normalized spacial score (nSPS) is 13.6. The Morgan fingerprint density at radius 3 is 2.78 bits per heavy atom. The summed E-state index contributed by atoms with van der Waals surface area (Å²) in [6.45, 7) is 0. The number of nitrogens with two attached hydrogens (primary N) is 1. The number of amides is 3. The van der Waals surface area contributed by atoms with Gasteiger partial charge in [0.1, 0.15) is 6.26 Å². The fraction of sp³-hybridized carbons (Fsp3) is 0.308. The van der Waals surface area contributed by atoms with Gasteiger partial charge >= 0.3 is 6.01 Å². The molecule has 2 aromatic heterocycles. The molecule has 3 rings (SSSR count). The van der Waals surface area contributed by atoms with E-state index in [1.54, 1.807) is 5.38 Å². The first-order valence-corrected chi connectivity index (χ1v) is 7.69. The minimum atomic E-state index is -0.527. The summed E-state index contributed by atoms with van der Waals surface area (Å²) >= 11 is 1.17.